The van der Waals surface area contributed by atoms with Gasteiger partial charge in [-0.05, 0) is 141 Å². The minimum atomic E-state index is -0.162. The molecule has 0 aliphatic carbocycles. The molecule has 104 heavy (non-hydrogen) atoms. The number of benzene rings is 17. The molecule has 0 spiro atoms. The lowest BCUT2D eigenvalue weighted by Crippen LogP contribution is -2.12. The number of nitrogens with zero attached hydrogens (tertiary/aromatic N) is 5. The Morgan fingerprint density at radius 2 is 0.663 bits per heavy atom. The number of imidazole rings is 1. The van der Waals surface area contributed by atoms with E-state index < -0.39 is 0 Å². The fraction of sp³-hybridized carbons (Fsp3) is 0.0101. The standard InChI is InChI=1S/C99H64N5/c1-7-27-64(28-8-1)91-63-103(75-37-17-6-18-38-75)96(92(91)65-29-9-2-10-30-65)69-49-47-67(48-50-69)93-90-62-74(72-53-57-85-81-43-21-19-39-77(81)79-41-23-25-45-83(79)88(85)59-72)61-87(73-54-58-86-82-44-22-20-40-78(82)80-42-24-26-46-84(80)89(86)60-73)95(90)101-98(100-93)70-51-55-76(56-52-70)104-97(68-33-13-4-14-34-68)94(66-31-11-3-12-32-66)102-99(104)71-35-15-5-16-36-71/h1-63,96H/q+1. The van der Waals surface area contributed by atoms with Gasteiger partial charge in [-0.25, -0.2) is 15.0 Å². The van der Waals surface area contributed by atoms with E-state index in [2.05, 4.69) is 391 Å². The van der Waals surface area contributed by atoms with Crippen molar-refractivity contribution in [2.75, 3.05) is 0 Å². The van der Waals surface area contributed by atoms with Crippen LogP contribution in [0.1, 0.15) is 22.7 Å². The first-order chi connectivity index (χ1) is 51.6. The molecule has 1 aliphatic heterocycles. The summed E-state index contributed by atoms with van der Waals surface area (Å²) in [6.45, 7) is 0. The quantitative estimate of drug-likeness (QED) is 0.0905. The van der Waals surface area contributed by atoms with E-state index in [1.165, 1.54) is 86.9 Å². The number of fused-ring (bicyclic) bond motifs is 13. The molecule has 1 aliphatic rings. The van der Waals surface area contributed by atoms with E-state index in [-0.39, 0.29) is 6.04 Å². The molecule has 0 N–H and O–H groups in total. The molecule has 0 bridgehead atoms. The summed E-state index contributed by atoms with van der Waals surface area (Å²) in [6.07, 6.45) is 2.35. The van der Waals surface area contributed by atoms with E-state index in [1.807, 2.05) is 0 Å². The molecule has 5 nitrogen and oxygen atoms in total. The van der Waals surface area contributed by atoms with E-state index in [1.54, 1.807) is 0 Å². The number of aromatic nitrogens is 4. The first-order valence-electron chi connectivity index (χ1n) is 35.7. The predicted molar refractivity (Wildman–Crippen MR) is 435 cm³/mol. The molecular formula is C99H64N5+. The number of para-hydroxylation sites is 1. The maximum absolute atomic E-state index is 5.89. The highest BCUT2D eigenvalue weighted by atomic mass is 15.1. The molecule has 484 valence electrons. The SMILES string of the molecule is C1=[N+](c2ccccc2)C(c2ccc(-c3nc(-c4ccc(-n5c(-c6ccccc6)nc(-c6ccccc6)c5-c5ccccc5)cc4)nc4c(-c5ccc6c7ccccc7c7ccccc7c6c5)cc(-c5ccc6c7ccccc7c7ccccc7c6c5)cc34)cc2)C(c2ccccc2)=C1c1ccccc1. The molecule has 17 aromatic carbocycles. The topological polar surface area (TPSA) is 46.6 Å². The van der Waals surface area contributed by atoms with Crippen LogP contribution in [-0.2, 0) is 0 Å². The molecule has 0 saturated carbocycles. The first kappa shape index (κ1) is 60.2. The van der Waals surface area contributed by atoms with Gasteiger partial charge in [-0.3, -0.25) is 4.57 Å². The van der Waals surface area contributed by atoms with Crippen LogP contribution in [0.25, 0.3) is 171 Å². The summed E-state index contributed by atoms with van der Waals surface area (Å²) in [5, 5.41) is 15.6. The molecular weight excluding hydrogens is 1260 g/mol. The normalized spacial score (nSPS) is 13.1. The Bertz CT molecular complexity index is 6580. The third kappa shape index (κ3) is 10.2. The zero-order valence-corrected chi connectivity index (χ0v) is 56.7. The van der Waals surface area contributed by atoms with Gasteiger partial charge in [0, 0.05) is 67.7 Å². The Labute approximate surface area is 602 Å². The van der Waals surface area contributed by atoms with Gasteiger partial charge in [-0.15, -0.1) is 0 Å². The average molecular weight is 1320 g/mol. The highest BCUT2D eigenvalue weighted by Crippen LogP contribution is 2.49. The minimum Gasteiger partial charge on any atom is -0.292 e. The minimum absolute atomic E-state index is 0.162. The summed E-state index contributed by atoms with van der Waals surface area (Å²) < 4.78 is 4.76. The van der Waals surface area contributed by atoms with Crippen molar-refractivity contribution in [3.63, 3.8) is 0 Å². The Balaban J connectivity index is 0.839. The van der Waals surface area contributed by atoms with Crippen LogP contribution in [0.4, 0.5) is 5.69 Å². The van der Waals surface area contributed by atoms with Gasteiger partial charge in [0.15, 0.2) is 12.0 Å². The van der Waals surface area contributed by atoms with Crippen molar-refractivity contribution < 1.29 is 4.58 Å². The Morgan fingerprint density at radius 1 is 0.260 bits per heavy atom. The summed E-state index contributed by atoms with van der Waals surface area (Å²) >= 11 is 0. The monoisotopic (exact) mass is 1320 g/mol. The zero-order valence-electron chi connectivity index (χ0n) is 56.7. The van der Waals surface area contributed by atoms with Crippen LogP contribution in [0.5, 0.6) is 0 Å². The molecule has 0 amide bonds. The van der Waals surface area contributed by atoms with Crippen LogP contribution in [0.15, 0.2) is 376 Å². The maximum Gasteiger partial charge on any atom is 0.210 e. The molecule has 3 heterocycles. The van der Waals surface area contributed by atoms with Gasteiger partial charge in [0.2, 0.25) is 11.7 Å². The van der Waals surface area contributed by atoms with Crippen LogP contribution in [-0.4, -0.2) is 30.3 Å². The van der Waals surface area contributed by atoms with Gasteiger partial charge in [0.1, 0.15) is 5.82 Å². The lowest BCUT2D eigenvalue weighted by atomic mass is 9.87. The van der Waals surface area contributed by atoms with Gasteiger partial charge in [0.25, 0.3) is 0 Å². The van der Waals surface area contributed by atoms with Crippen LogP contribution in [0, 0.1) is 0 Å². The molecule has 1 atom stereocenters. The zero-order chi connectivity index (χ0) is 68.6. The fourth-order valence-corrected chi connectivity index (χ4v) is 16.3. The number of hydrogen-bond acceptors (Lipinski definition) is 3. The van der Waals surface area contributed by atoms with Crippen LogP contribution in [0.2, 0.25) is 0 Å². The summed E-state index contributed by atoms with van der Waals surface area (Å²) in [6, 6.07) is 136. The highest BCUT2D eigenvalue weighted by molar-refractivity contribution is 6.28. The molecule has 1 unspecified atom stereocenters. The molecule has 5 heteroatoms. The molecule has 0 fully saturated rings. The first-order valence-corrected chi connectivity index (χ1v) is 35.7. The van der Waals surface area contributed by atoms with E-state index in [4.69, 9.17) is 15.0 Å². The lowest BCUT2D eigenvalue weighted by molar-refractivity contribution is -0.464. The summed E-state index contributed by atoms with van der Waals surface area (Å²) in [7, 11) is 0. The Kier molecular flexibility index (Phi) is 14.6. The van der Waals surface area contributed by atoms with Crippen molar-refractivity contribution in [1.82, 2.24) is 19.5 Å². The van der Waals surface area contributed by atoms with Crippen LogP contribution < -0.4 is 0 Å². The van der Waals surface area contributed by atoms with Gasteiger partial charge in [0.05, 0.1) is 28.2 Å². The second-order valence-electron chi connectivity index (χ2n) is 27.1. The molecule has 2 aromatic heterocycles. The summed E-state index contributed by atoms with van der Waals surface area (Å²) in [4.78, 5) is 17.3. The van der Waals surface area contributed by atoms with Crippen LogP contribution in [0.3, 0.4) is 0 Å². The Hall–Kier alpha value is -13.7. The van der Waals surface area contributed by atoms with Gasteiger partial charge in [-0.1, -0.05) is 315 Å². The average Bonchev–Trinajstić information content (AvgIpc) is 0.928. The van der Waals surface area contributed by atoms with E-state index in [0.29, 0.717) is 5.82 Å². The third-order valence-corrected chi connectivity index (χ3v) is 21.2. The van der Waals surface area contributed by atoms with Crippen molar-refractivity contribution in [2.24, 2.45) is 0 Å². The summed E-state index contributed by atoms with van der Waals surface area (Å²) in [5.41, 5.74) is 20.8. The number of hydrogen-bond donors (Lipinski definition) is 0. The van der Waals surface area contributed by atoms with Crippen molar-refractivity contribution >= 4 is 98.6 Å². The fourth-order valence-electron chi connectivity index (χ4n) is 16.3. The maximum atomic E-state index is 5.89. The van der Waals surface area contributed by atoms with Crippen LogP contribution >= 0.6 is 0 Å². The smallest absolute Gasteiger partial charge is 0.210 e. The van der Waals surface area contributed by atoms with Gasteiger partial charge in [-0.2, -0.15) is 4.58 Å². The van der Waals surface area contributed by atoms with E-state index in [9.17, 15) is 0 Å². The molecule has 0 saturated heterocycles. The second kappa shape index (κ2) is 25.2. The largest absolute Gasteiger partial charge is 0.292 e. The Morgan fingerprint density at radius 3 is 1.20 bits per heavy atom. The molecule has 19 aromatic rings. The third-order valence-electron chi connectivity index (χ3n) is 21.2. The van der Waals surface area contributed by atoms with Crippen molar-refractivity contribution in [1.29, 1.82) is 0 Å². The van der Waals surface area contributed by atoms with E-state index in [0.717, 1.165) is 101 Å². The van der Waals surface area contributed by atoms with E-state index >= 15 is 0 Å². The second-order valence-corrected chi connectivity index (χ2v) is 27.1. The van der Waals surface area contributed by atoms with Crippen molar-refractivity contribution in [2.45, 2.75) is 6.04 Å². The lowest BCUT2D eigenvalue weighted by Gasteiger charge is -2.18. The summed E-state index contributed by atoms with van der Waals surface area (Å²) in [5.74, 6) is 1.46. The van der Waals surface area contributed by atoms with Crippen molar-refractivity contribution in [3.8, 4) is 84.5 Å². The number of rotatable bonds is 12. The number of allylic oxidation sites excluding steroid dienone is 1. The van der Waals surface area contributed by atoms with Gasteiger partial charge < -0.3 is 0 Å². The molecule has 0 radical (unpaired) electrons. The van der Waals surface area contributed by atoms with Crippen molar-refractivity contribution in [3.05, 3.63) is 393 Å². The highest BCUT2D eigenvalue weighted by Gasteiger charge is 2.39. The molecule has 20 rings (SSSR count). The van der Waals surface area contributed by atoms with Gasteiger partial charge >= 0.3 is 0 Å². The predicted octanol–water partition coefficient (Wildman–Crippen LogP) is 25.5.